The van der Waals surface area contributed by atoms with Gasteiger partial charge in [-0.25, -0.2) is 14.8 Å². The summed E-state index contributed by atoms with van der Waals surface area (Å²) in [5, 5.41) is 0.206. The number of fused-ring (bicyclic) bond motifs is 1. The monoisotopic (exact) mass is 476 g/mol. The van der Waals surface area contributed by atoms with Gasteiger partial charge in [0, 0.05) is 37.4 Å². The number of hydrogen-bond donors (Lipinski definition) is 0. The van der Waals surface area contributed by atoms with Gasteiger partial charge < -0.3 is 9.30 Å². The van der Waals surface area contributed by atoms with Crippen LogP contribution in [0.3, 0.4) is 0 Å². The molecule has 0 unspecified atom stereocenters. The molecule has 0 saturated carbocycles. The van der Waals surface area contributed by atoms with Gasteiger partial charge in [-0.15, -0.1) is 0 Å². The minimum absolute atomic E-state index is 0.238. The van der Waals surface area contributed by atoms with Crippen molar-refractivity contribution in [2.75, 3.05) is 19.1 Å². The van der Waals surface area contributed by atoms with Crippen LogP contribution in [0.25, 0.3) is 22.2 Å². The Morgan fingerprint density at radius 3 is 2.64 bits per heavy atom. The molecule has 2 heterocycles. The maximum absolute atomic E-state index is 13.5. The molecular formula is C17H13BrClF3N4O2. The lowest BCUT2D eigenvalue weighted by Crippen LogP contribution is -2.26. The lowest BCUT2D eigenvalue weighted by atomic mass is 10.1. The number of carbonyl (C=O) groups excluding carboxylic acids is 1. The van der Waals surface area contributed by atoms with Gasteiger partial charge in [-0.3, -0.25) is 4.90 Å². The molecule has 0 radical (unpaired) electrons. The van der Waals surface area contributed by atoms with Crippen molar-refractivity contribution >= 4 is 50.2 Å². The number of halogens is 5. The Morgan fingerprint density at radius 1 is 1.36 bits per heavy atom. The van der Waals surface area contributed by atoms with Gasteiger partial charge in [-0.1, -0.05) is 0 Å². The average Bonchev–Trinajstić information content (AvgIpc) is 2.97. The Kier molecular flexibility index (Phi) is 5.28. The van der Waals surface area contributed by atoms with Crippen LogP contribution in [0.15, 0.2) is 29.0 Å². The molecule has 0 aliphatic carbocycles. The maximum Gasteiger partial charge on any atom is 0.419 e. The SMILES string of the molecule is COC(=O)N(C)c1ccc2c(-c3nc(Cl)ncc3C(F)(F)F)cn(C)c2c1Br. The summed E-state index contributed by atoms with van der Waals surface area (Å²) in [5.41, 5.74) is -0.00702. The number of aryl methyl sites for hydroxylation is 1. The third kappa shape index (κ3) is 3.42. The summed E-state index contributed by atoms with van der Waals surface area (Å²) in [6, 6.07) is 3.21. The van der Waals surface area contributed by atoms with Gasteiger partial charge in [0.25, 0.3) is 0 Å². The van der Waals surface area contributed by atoms with E-state index in [1.807, 2.05) is 0 Å². The molecule has 0 fully saturated rings. The summed E-state index contributed by atoms with van der Waals surface area (Å²) < 4.78 is 47.2. The van der Waals surface area contributed by atoms with Gasteiger partial charge in [0.05, 0.1) is 28.5 Å². The van der Waals surface area contributed by atoms with Gasteiger partial charge in [-0.05, 0) is 39.7 Å². The number of rotatable bonds is 2. The summed E-state index contributed by atoms with van der Waals surface area (Å²) in [6.07, 6.45) is -3.05. The topological polar surface area (TPSA) is 60.2 Å². The second-order valence-corrected chi connectivity index (χ2v) is 7.01. The predicted molar refractivity (Wildman–Crippen MR) is 102 cm³/mol. The van der Waals surface area contributed by atoms with Crippen LogP contribution in [0, 0.1) is 0 Å². The molecule has 1 amide bonds. The highest BCUT2D eigenvalue weighted by atomic mass is 79.9. The van der Waals surface area contributed by atoms with Gasteiger partial charge in [-0.2, -0.15) is 13.2 Å². The molecule has 0 aliphatic rings. The molecule has 3 aromatic rings. The fourth-order valence-corrected chi connectivity index (χ4v) is 3.92. The van der Waals surface area contributed by atoms with Crippen molar-refractivity contribution in [3.8, 4) is 11.3 Å². The van der Waals surface area contributed by atoms with Gasteiger partial charge in [0.15, 0.2) is 0 Å². The molecule has 28 heavy (non-hydrogen) atoms. The van der Waals surface area contributed by atoms with Gasteiger partial charge >= 0.3 is 12.3 Å². The number of alkyl halides is 3. The average molecular weight is 478 g/mol. The van der Waals surface area contributed by atoms with E-state index in [-0.39, 0.29) is 16.5 Å². The van der Waals surface area contributed by atoms with Crippen LogP contribution in [0.5, 0.6) is 0 Å². The van der Waals surface area contributed by atoms with Crippen LogP contribution >= 0.6 is 27.5 Å². The van der Waals surface area contributed by atoms with E-state index in [0.717, 1.165) is 0 Å². The number of nitrogens with zero attached hydrogens (tertiary/aromatic N) is 4. The summed E-state index contributed by atoms with van der Waals surface area (Å²) in [6.45, 7) is 0. The van der Waals surface area contributed by atoms with Crippen LogP contribution in [0.1, 0.15) is 5.56 Å². The minimum atomic E-state index is -4.65. The van der Waals surface area contributed by atoms with Crippen molar-refractivity contribution in [3.05, 3.63) is 39.8 Å². The van der Waals surface area contributed by atoms with Crippen LogP contribution in [-0.2, 0) is 18.0 Å². The number of aromatic nitrogens is 3. The maximum atomic E-state index is 13.5. The first-order valence-corrected chi connectivity index (χ1v) is 8.92. The molecule has 3 rings (SSSR count). The number of methoxy groups -OCH3 is 1. The van der Waals surface area contributed by atoms with E-state index in [9.17, 15) is 18.0 Å². The molecule has 0 spiro atoms. The largest absolute Gasteiger partial charge is 0.452 e. The van der Waals surface area contributed by atoms with Gasteiger partial charge in [0.1, 0.15) is 5.56 Å². The highest BCUT2D eigenvalue weighted by molar-refractivity contribution is 9.10. The fourth-order valence-electron chi connectivity index (χ4n) is 2.90. The van der Waals surface area contributed by atoms with E-state index in [1.165, 1.54) is 25.3 Å². The molecule has 0 N–H and O–H groups in total. The van der Waals surface area contributed by atoms with E-state index in [1.54, 1.807) is 23.7 Å². The Labute approximate surface area is 171 Å². The van der Waals surface area contributed by atoms with Crippen molar-refractivity contribution in [3.63, 3.8) is 0 Å². The number of hydrogen-bond acceptors (Lipinski definition) is 4. The Balaban J connectivity index is 2.28. The summed E-state index contributed by atoms with van der Waals surface area (Å²) >= 11 is 9.20. The molecular weight excluding hydrogens is 465 g/mol. The molecule has 6 nitrogen and oxygen atoms in total. The highest BCUT2D eigenvalue weighted by Crippen LogP contribution is 2.42. The first-order chi connectivity index (χ1) is 13.1. The molecule has 0 saturated heterocycles. The third-order valence-electron chi connectivity index (χ3n) is 4.19. The Morgan fingerprint density at radius 2 is 2.04 bits per heavy atom. The molecule has 0 aliphatic heterocycles. The Hall–Kier alpha value is -2.33. The summed E-state index contributed by atoms with van der Waals surface area (Å²) in [4.78, 5) is 20.4. The summed E-state index contributed by atoms with van der Waals surface area (Å²) in [7, 11) is 4.45. The van der Waals surface area contributed by atoms with E-state index in [4.69, 9.17) is 16.3 Å². The number of benzene rings is 1. The zero-order valence-corrected chi connectivity index (χ0v) is 17.1. The molecule has 0 bridgehead atoms. The zero-order valence-electron chi connectivity index (χ0n) is 14.8. The highest BCUT2D eigenvalue weighted by Gasteiger charge is 2.36. The van der Waals surface area contributed by atoms with Crippen molar-refractivity contribution in [2.45, 2.75) is 6.18 Å². The molecule has 148 valence electrons. The Bertz CT molecular complexity index is 1080. The number of ether oxygens (including phenoxy) is 1. The van der Waals surface area contributed by atoms with Gasteiger partial charge in [0.2, 0.25) is 5.28 Å². The van der Waals surface area contributed by atoms with Crippen LogP contribution in [-0.4, -0.2) is 34.8 Å². The molecule has 1 aromatic carbocycles. The number of amides is 1. The van der Waals surface area contributed by atoms with Crippen molar-refractivity contribution in [2.24, 2.45) is 7.05 Å². The van der Waals surface area contributed by atoms with Crippen molar-refractivity contribution < 1.29 is 22.7 Å². The van der Waals surface area contributed by atoms with E-state index in [0.29, 0.717) is 27.3 Å². The number of carbonyl (C=O) groups is 1. The van der Waals surface area contributed by atoms with Crippen LogP contribution < -0.4 is 4.90 Å². The quantitative estimate of drug-likeness (QED) is 0.472. The predicted octanol–water partition coefficient (Wildman–Crippen LogP) is 5.27. The lowest BCUT2D eigenvalue weighted by Gasteiger charge is -2.18. The minimum Gasteiger partial charge on any atom is -0.452 e. The second kappa shape index (κ2) is 7.25. The molecule has 0 atom stereocenters. The standard InChI is InChI=1S/C17H13BrClF3N4O2/c1-25-7-9(13-10(17(20,21)22)6-23-15(19)24-13)8-4-5-11(12(18)14(8)25)26(2)16(27)28-3/h4-7H,1-3H3. The molecule has 2 aromatic heterocycles. The fraction of sp³-hybridized carbons (Fsp3) is 0.235. The van der Waals surface area contributed by atoms with E-state index >= 15 is 0 Å². The third-order valence-corrected chi connectivity index (χ3v) is 5.16. The lowest BCUT2D eigenvalue weighted by molar-refractivity contribution is -0.137. The van der Waals surface area contributed by atoms with Crippen molar-refractivity contribution in [1.29, 1.82) is 0 Å². The summed E-state index contributed by atoms with van der Waals surface area (Å²) in [5.74, 6) is 0. The van der Waals surface area contributed by atoms with Crippen LogP contribution in [0.2, 0.25) is 5.28 Å². The molecule has 11 heteroatoms. The first-order valence-electron chi connectivity index (χ1n) is 7.75. The second-order valence-electron chi connectivity index (χ2n) is 5.88. The normalized spacial score (nSPS) is 11.7. The number of anilines is 1. The zero-order chi connectivity index (χ0) is 20.8. The van der Waals surface area contributed by atoms with E-state index < -0.39 is 17.8 Å². The van der Waals surface area contributed by atoms with Crippen molar-refractivity contribution in [1.82, 2.24) is 14.5 Å². The smallest absolute Gasteiger partial charge is 0.419 e. The van der Waals surface area contributed by atoms with E-state index in [2.05, 4.69) is 25.9 Å². The van der Waals surface area contributed by atoms with Crippen LogP contribution in [0.4, 0.5) is 23.7 Å². The first kappa shape index (κ1) is 20.4.